The molecule has 0 aliphatic carbocycles. The normalized spacial score (nSPS) is 11.8. The van der Waals surface area contributed by atoms with E-state index in [4.69, 9.17) is 5.11 Å². The van der Waals surface area contributed by atoms with Gasteiger partial charge in [0.15, 0.2) is 0 Å². The van der Waals surface area contributed by atoms with Crippen molar-refractivity contribution in [1.29, 1.82) is 0 Å². The van der Waals surface area contributed by atoms with E-state index in [1.807, 2.05) is 0 Å². The summed E-state index contributed by atoms with van der Waals surface area (Å²) in [5.74, 6) is -1.97. The average Bonchev–Trinajstić information content (AvgIpc) is 2.15. The van der Waals surface area contributed by atoms with Gasteiger partial charge in [-0.25, -0.2) is 0 Å². The molecule has 96 valence electrons. The maximum Gasteiger partial charge on any atom is 2.00 e. The molecule has 0 aromatic carbocycles. The summed E-state index contributed by atoms with van der Waals surface area (Å²) in [5.41, 5.74) is -0.953. The first kappa shape index (κ1) is 22.3. The van der Waals surface area contributed by atoms with Gasteiger partial charge in [0.25, 0.3) is 0 Å². The SMILES string of the molecule is CC(C)(CO)[C@@H](O)C(=O)NCCC(=O)[O-].O.[Ca+2]. The summed E-state index contributed by atoms with van der Waals surface area (Å²) in [6.45, 7) is 2.60. The second kappa shape index (κ2) is 10.0. The molecule has 0 aromatic heterocycles. The van der Waals surface area contributed by atoms with Crippen LogP contribution in [-0.4, -0.2) is 84.6 Å². The summed E-state index contributed by atoms with van der Waals surface area (Å²) in [4.78, 5) is 21.3. The minimum Gasteiger partial charge on any atom is -0.550 e. The zero-order chi connectivity index (χ0) is 12.1. The largest absolute Gasteiger partial charge is 2.00 e. The first-order chi connectivity index (χ1) is 6.81. The monoisotopic (exact) mass is 276 g/mol. The Morgan fingerprint density at radius 2 is 1.88 bits per heavy atom. The molecule has 0 aliphatic rings. The van der Waals surface area contributed by atoms with Crippen molar-refractivity contribution in [3.8, 4) is 0 Å². The predicted molar refractivity (Wildman–Crippen MR) is 58.9 cm³/mol. The van der Waals surface area contributed by atoms with Gasteiger partial charge in [-0.05, 0) is 0 Å². The van der Waals surface area contributed by atoms with Crippen LogP contribution in [0, 0.1) is 5.41 Å². The van der Waals surface area contributed by atoms with Gasteiger partial charge in [0.05, 0.1) is 6.61 Å². The van der Waals surface area contributed by atoms with Crippen LogP contribution in [0.15, 0.2) is 0 Å². The van der Waals surface area contributed by atoms with Gasteiger partial charge < -0.3 is 30.9 Å². The van der Waals surface area contributed by atoms with E-state index in [0.717, 1.165) is 0 Å². The van der Waals surface area contributed by atoms with Gasteiger partial charge in [0.1, 0.15) is 6.10 Å². The summed E-state index contributed by atoms with van der Waals surface area (Å²) in [7, 11) is 0. The molecule has 0 aromatic rings. The molecule has 0 rings (SSSR count). The topological polar surface area (TPSA) is 141 Å². The Morgan fingerprint density at radius 3 is 2.24 bits per heavy atom. The van der Waals surface area contributed by atoms with E-state index in [1.54, 1.807) is 0 Å². The molecule has 0 heterocycles. The van der Waals surface area contributed by atoms with Crippen molar-refractivity contribution in [2.24, 2.45) is 5.41 Å². The van der Waals surface area contributed by atoms with Gasteiger partial charge in [-0.3, -0.25) is 4.79 Å². The number of aliphatic carboxylic acids is 1. The fourth-order valence-electron chi connectivity index (χ4n) is 0.826. The Bertz CT molecular complexity index is 246. The van der Waals surface area contributed by atoms with Gasteiger partial charge in [-0.2, -0.15) is 0 Å². The minimum atomic E-state index is -1.37. The molecular formula is C9H18CaNO6+. The number of carbonyl (C=O) groups is 2. The number of amides is 1. The van der Waals surface area contributed by atoms with E-state index in [2.05, 4.69) is 5.32 Å². The molecule has 1 amide bonds. The Balaban J connectivity index is -0.000000980. The fraction of sp³-hybridized carbons (Fsp3) is 0.778. The molecule has 17 heavy (non-hydrogen) atoms. The van der Waals surface area contributed by atoms with Gasteiger partial charge >= 0.3 is 37.7 Å². The smallest absolute Gasteiger partial charge is 0.550 e. The number of aliphatic hydroxyl groups is 2. The molecule has 0 saturated carbocycles. The van der Waals surface area contributed by atoms with Crippen LogP contribution in [0.5, 0.6) is 0 Å². The second-order valence-corrected chi connectivity index (χ2v) is 3.96. The first-order valence-corrected chi connectivity index (χ1v) is 4.57. The van der Waals surface area contributed by atoms with Crippen LogP contribution in [-0.2, 0) is 9.59 Å². The summed E-state index contributed by atoms with van der Waals surface area (Å²) >= 11 is 0. The summed E-state index contributed by atoms with van der Waals surface area (Å²) in [6.07, 6.45) is -1.68. The van der Waals surface area contributed by atoms with Crippen molar-refractivity contribution < 1.29 is 30.4 Å². The van der Waals surface area contributed by atoms with Crippen molar-refractivity contribution in [3.05, 3.63) is 0 Å². The first-order valence-electron chi connectivity index (χ1n) is 4.57. The quantitative estimate of drug-likeness (QED) is 0.430. The molecule has 0 fully saturated rings. The molecule has 5 N–H and O–H groups in total. The third-order valence-corrected chi connectivity index (χ3v) is 2.02. The molecule has 0 aliphatic heterocycles. The van der Waals surface area contributed by atoms with Gasteiger partial charge in [-0.15, -0.1) is 0 Å². The third kappa shape index (κ3) is 8.76. The Kier molecular flexibility index (Phi) is 13.2. The maximum atomic E-state index is 11.2. The van der Waals surface area contributed by atoms with Crippen LogP contribution in [0.2, 0.25) is 0 Å². The molecule has 0 radical (unpaired) electrons. The number of aliphatic hydroxyl groups excluding tert-OH is 2. The molecule has 8 heteroatoms. The van der Waals surface area contributed by atoms with Crippen LogP contribution in [0.3, 0.4) is 0 Å². The van der Waals surface area contributed by atoms with E-state index in [1.165, 1.54) is 13.8 Å². The molecule has 0 spiro atoms. The standard InChI is InChI=1S/C9H17NO5.Ca.H2O/c1-9(2,5-11)7(14)8(15)10-4-3-6(12)13;;/h7,11,14H,3-5H2,1-2H3,(H,10,15)(H,12,13);;1H2/q;+2;/p-1/t7-;;/m0../s1. The van der Waals surface area contributed by atoms with Crippen LogP contribution in [0.1, 0.15) is 20.3 Å². The zero-order valence-corrected chi connectivity index (χ0v) is 12.2. The number of carboxylic acid groups (broad SMARTS) is 1. The van der Waals surface area contributed by atoms with Crippen LogP contribution < -0.4 is 10.4 Å². The molecule has 1 atom stereocenters. The van der Waals surface area contributed by atoms with E-state index < -0.39 is 23.4 Å². The Morgan fingerprint density at radius 1 is 1.41 bits per heavy atom. The number of rotatable bonds is 6. The van der Waals surface area contributed by atoms with Crippen molar-refractivity contribution in [2.75, 3.05) is 13.2 Å². The van der Waals surface area contributed by atoms with E-state index >= 15 is 0 Å². The minimum absolute atomic E-state index is 0. The van der Waals surface area contributed by atoms with E-state index in [-0.39, 0.29) is 62.8 Å². The summed E-state index contributed by atoms with van der Waals surface area (Å²) in [6, 6.07) is 0. The Hall–Kier alpha value is 0.0797. The van der Waals surface area contributed by atoms with Crippen molar-refractivity contribution in [3.63, 3.8) is 0 Å². The molecular weight excluding hydrogens is 258 g/mol. The molecule has 0 bridgehead atoms. The molecule has 0 unspecified atom stereocenters. The molecule has 7 nitrogen and oxygen atoms in total. The van der Waals surface area contributed by atoms with Gasteiger partial charge in [0, 0.05) is 24.3 Å². The molecule has 0 saturated heterocycles. The van der Waals surface area contributed by atoms with Crippen LogP contribution in [0.25, 0.3) is 0 Å². The number of carbonyl (C=O) groups excluding carboxylic acids is 2. The Labute approximate surface area is 130 Å². The summed E-state index contributed by atoms with van der Waals surface area (Å²) in [5, 5.41) is 30.6. The van der Waals surface area contributed by atoms with Crippen molar-refractivity contribution >= 4 is 49.6 Å². The number of nitrogens with one attached hydrogen (secondary N) is 1. The maximum absolute atomic E-state index is 11.2. The van der Waals surface area contributed by atoms with E-state index in [9.17, 15) is 19.8 Å². The number of hydrogen-bond acceptors (Lipinski definition) is 5. The second-order valence-electron chi connectivity index (χ2n) is 3.96. The van der Waals surface area contributed by atoms with E-state index in [0.29, 0.717) is 0 Å². The van der Waals surface area contributed by atoms with Crippen molar-refractivity contribution in [1.82, 2.24) is 5.32 Å². The number of hydrogen-bond donors (Lipinski definition) is 3. The summed E-state index contributed by atoms with van der Waals surface area (Å²) < 4.78 is 0. The zero-order valence-electron chi connectivity index (χ0n) is 10.0. The van der Waals surface area contributed by atoms with Crippen LogP contribution >= 0.6 is 0 Å². The van der Waals surface area contributed by atoms with Gasteiger partial charge in [-0.1, -0.05) is 13.8 Å². The van der Waals surface area contributed by atoms with Gasteiger partial charge in [0.2, 0.25) is 5.91 Å². The predicted octanol–water partition coefficient (Wildman–Crippen LogP) is -3.58. The third-order valence-electron chi connectivity index (χ3n) is 2.02. The van der Waals surface area contributed by atoms with Crippen molar-refractivity contribution in [2.45, 2.75) is 26.4 Å². The number of carboxylic acids is 1. The van der Waals surface area contributed by atoms with Crippen LogP contribution in [0.4, 0.5) is 0 Å². The fourth-order valence-corrected chi connectivity index (χ4v) is 0.826. The average molecular weight is 276 g/mol.